The van der Waals surface area contributed by atoms with Crippen molar-refractivity contribution in [3.05, 3.63) is 35.0 Å². The van der Waals surface area contributed by atoms with Gasteiger partial charge in [-0.2, -0.15) is 0 Å². The second-order valence-electron chi connectivity index (χ2n) is 4.75. The zero-order chi connectivity index (χ0) is 12.7. The van der Waals surface area contributed by atoms with Crippen LogP contribution in [0, 0.1) is 0 Å². The first-order valence-corrected chi connectivity index (χ1v) is 6.10. The number of H-pyrrole nitrogens is 1. The van der Waals surface area contributed by atoms with Gasteiger partial charge in [0, 0.05) is 28.6 Å². The molecule has 2 N–H and O–H groups in total. The standard InChI is InChI=1S/C14H15NO3/c1-8(14(16)17)9-2-3-12-10(6-9)11-7-18-5-4-13(11)15-12/h2-3,6,8,15H,4-5,7H2,1H3,(H,16,17). The van der Waals surface area contributed by atoms with Crippen LogP contribution in [-0.4, -0.2) is 22.7 Å². The summed E-state index contributed by atoms with van der Waals surface area (Å²) in [5.41, 5.74) is 4.29. The van der Waals surface area contributed by atoms with Gasteiger partial charge in [-0.25, -0.2) is 0 Å². The van der Waals surface area contributed by atoms with Gasteiger partial charge in [0.2, 0.25) is 0 Å². The molecule has 0 aliphatic carbocycles. The summed E-state index contributed by atoms with van der Waals surface area (Å²) in [5.74, 6) is -1.28. The Bertz CT molecular complexity index is 615. The van der Waals surface area contributed by atoms with Crippen LogP contribution in [0.25, 0.3) is 10.9 Å². The van der Waals surface area contributed by atoms with Crippen molar-refractivity contribution in [3.63, 3.8) is 0 Å². The highest BCUT2D eigenvalue weighted by molar-refractivity contribution is 5.87. The lowest BCUT2D eigenvalue weighted by Crippen LogP contribution is -2.08. The highest BCUT2D eigenvalue weighted by Crippen LogP contribution is 2.29. The first-order chi connectivity index (χ1) is 8.66. The molecule has 0 fully saturated rings. The largest absolute Gasteiger partial charge is 0.481 e. The molecule has 2 heterocycles. The number of benzene rings is 1. The van der Waals surface area contributed by atoms with E-state index >= 15 is 0 Å². The molecule has 1 aliphatic rings. The van der Waals surface area contributed by atoms with Crippen LogP contribution in [0.15, 0.2) is 18.2 Å². The Morgan fingerprint density at radius 3 is 3.11 bits per heavy atom. The molecule has 2 aromatic rings. The molecular formula is C14H15NO3. The van der Waals surface area contributed by atoms with E-state index in [0.717, 1.165) is 29.5 Å². The molecule has 0 spiro atoms. The minimum Gasteiger partial charge on any atom is -0.481 e. The molecule has 94 valence electrons. The van der Waals surface area contributed by atoms with Gasteiger partial charge >= 0.3 is 5.97 Å². The quantitative estimate of drug-likeness (QED) is 0.854. The van der Waals surface area contributed by atoms with Gasteiger partial charge in [-0.05, 0) is 24.6 Å². The first-order valence-electron chi connectivity index (χ1n) is 6.10. The van der Waals surface area contributed by atoms with Gasteiger partial charge in [-0.1, -0.05) is 6.07 Å². The molecule has 0 bridgehead atoms. The van der Waals surface area contributed by atoms with E-state index in [2.05, 4.69) is 4.98 Å². The fraction of sp³-hybridized carbons (Fsp3) is 0.357. The van der Waals surface area contributed by atoms with Crippen molar-refractivity contribution in [2.45, 2.75) is 25.9 Å². The summed E-state index contributed by atoms with van der Waals surface area (Å²) < 4.78 is 5.47. The molecule has 18 heavy (non-hydrogen) atoms. The summed E-state index contributed by atoms with van der Waals surface area (Å²) in [6.45, 7) is 3.07. The third kappa shape index (κ3) is 1.69. The van der Waals surface area contributed by atoms with Crippen molar-refractivity contribution >= 4 is 16.9 Å². The molecule has 0 radical (unpaired) electrons. The third-order valence-electron chi connectivity index (χ3n) is 3.63. The Morgan fingerprint density at radius 2 is 2.33 bits per heavy atom. The van der Waals surface area contributed by atoms with E-state index in [0.29, 0.717) is 6.61 Å². The van der Waals surface area contributed by atoms with E-state index in [1.54, 1.807) is 6.92 Å². The second kappa shape index (κ2) is 4.14. The van der Waals surface area contributed by atoms with E-state index in [9.17, 15) is 4.79 Å². The second-order valence-corrected chi connectivity index (χ2v) is 4.75. The number of ether oxygens (including phenoxy) is 1. The lowest BCUT2D eigenvalue weighted by molar-refractivity contribution is -0.138. The average molecular weight is 245 g/mol. The van der Waals surface area contributed by atoms with E-state index < -0.39 is 11.9 Å². The number of carboxylic acids is 1. The van der Waals surface area contributed by atoms with Crippen LogP contribution < -0.4 is 0 Å². The maximum Gasteiger partial charge on any atom is 0.310 e. The monoisotopic (exact) mass is 245 g/mol. The highest BCUT2D eigenvalue weighted by atomic mass is 16.5. The molecule has 1 unspecified atom stereocenters. The predicted molar refractivity (Wildman–Crippen MR) is 67.7 cm³/mol. The summed E-state index contributed by atoms with van der Waals surface area (Å²) in [6, 6.07) is 5.81. The lowest BCUT2D eigenvalue weighted by atomic mass is 9.98. The molecule has 0 saturated carbocycles. The Labute approximate surface area is 105 Å². The smallest absolute Gasteiger partial charge is 0.310 e. The number of rotatable bonds is 2. The normalized spacial score (nSPS) is 16.5. The molecule has 4 nitrogen and oxygen atoms in total. The molecule has 3 rings (SSSR count). The molecule has 1 aliphatic heterocycles. The molecule has 4 heteroatoms. The molecule has 1 atom stereocenters. The maximum atomic E-state index is 11.0. The first kappa shape index (κ1) is 11.3. The van der Waals surface area contributed by atoms with Gasteiger partial charge < -0.3 is 14.8 Å². The number of aromatic amines is 1. The van der Waals surface area contributed by atoms with Crippen molar-refractivity contribution in [1.29, 1.82) is 0 Å². The molecule has 0 amide bonds. The van der Waals surface area contributed by atoms with Gasteiger partial charge in [0.05, 0.1) is 19.1 Å². The van der Waals surface area contributed by atoms with Gasteiger partial charge in [0.15, 0.2) is 0 Å². The molecule has 1 aromatic heterocycles. The number of nitrogens with one attached hydrogen (secondary N) is 1. The van der Waals surface area contributed by atoms with Crippen molar-refractivity contribution in [1.82, 2.24) is 4.98 Å². The van der Waals surface area contributed by atoms with E-state index in [1.165, 1.54) is 11.3 Å². The van der Waals surface area contributed by atoms with Crippen molar-refractivity contribution in [2.75, 3.05) is 6.61 Å². The zero-order valence-corrected chi connectivity index (χ0v) is 10.2. The minimum absolute atomic E-state index is 0.482. The van der Waals surface area contributed by atoms with Gasteiger partial charge in [0.25, 0.3) is 0 Å². The number of carboxylic acid groups (broad SMARTS) is 1. The number of aliphatic carboxylic acids is 1. The van der Waals surface area contributed by atoms with Gasteiger partial charge in [-0.3, -0.25) is 4.79 Å². The van der Waals surface area contributed by atoms with Gasteiger partial charge in [0.1, 0.15) is 0 Å². The lowest BCUT2D eigenvalue weighted by Gasteiger charge is -2.12. The summed E-state index contributed by atoms with van der Waals surface area (Å²) >= 11 is 0. The fourth-order valence-corrected chi connectivity index (χ4v) is 2.46. The number of carbonyl (C=O) groups is 1. The summed E-state index contributed by atoms with van der Waals surface area (Å²) in [5, 5.41) is 10.2. The summed E-state index contributed by atoms with van der Waals surface area (Å²) in [4.78, 5) is 14.4. The predicted octanol–water partition coefficient (Wildman–Crippen LogP) is 2.43. The van der Waals surface area contributed by atoms with Crippen LogP contribution in [0.1, 0.15) is 29.7 Å². The van der Waals surface area contributed by atoms with E-state index in [1.807, 2.05) is 18.2 Å². The van der Waals surface area contributed by atoms with Crippen LogP contribution in [0.3, 0.4) is 0 Å². The Hall–Kier alpha value is -1.81. The Balaban J connectivity index is 2.13. The molecular weight excluding hydrogens is 230 g/mol. The van der Waals surface area contributed by atoms with E-state index in [-0.39, 0.29) is 0 Å². The maximum absolute atomic E-state index is 11.0. The fourth-order valence-electron chi connectivity index (χ4n) is 2.46. The van der Waals surface area contributed by atoms with Crippen LogP contribution in [0.5, 0.6) is 0 Å². The van der Waals surface area contributed by atoms with Crippen LogP contribution >= 0.6 is 0 Å². The summed E-state index contributed by atoms with van der Waals surface area (Å²) in [7, 11) is 0. The average Bonchev–Trinajstić information content (AvgIpc) is 2.75. The topological polar surface area (TPSA) is 62.3 Å². The Kier molecular flexibility index (Phi) is 2.59. The van der Waals surface area contributed by atoms with Crippen LogP contribution in [0.2, 0.25) is 0 Å². The minimum atomic E-state index is -0.796. The van der Waals surface area contributed by atoms with Crippen molar-refractivity contribution in [2.24, 2.45) is 0 Å². The van der Waals surface area contributed by atoms with Crippen molar-refractivity contribution in [3.8, 4) is 0 Å². The third-order valence-corrected chi connectivity index (χ3v) is 3.63. The SMILES string of the molecule is CC(C(=O)O)c1ccc2[nH]c3c(c2c1)COCC3. The van der Waals surface area contributed by atoms with Crippen molar-refractivity contribution < 1.29 is 14.6 Å². The van der Waals surface area contributed by atoms with Crippen LogP contribution in [-0.2, 0) is 22.6 Å². The number of hydrogen-bond donors (Lipinski definition) is 2. The Morgan fingerprint density at radius 1 is 1.50 bits per heavy atom. The number of aromatic nitrogens is 1. The summed E-state index contributed by atoms with van der Waals surface area (Å²) in [6.07, 6.45) is 0.897. The molecule has 1 aromatic carbocycles. The molecule has 0 saturated heterocycles. The number of hydrogen-bond acceptors (Lipinski definition) is 2. The van der Waals surface area contributed by atoms with E-state index in [4.69, 9.17) is 9.84 Å². The number of fused-ring (bicyclic) bond motifs is 3. The van der Waals surface area contributed by atoms with Gasteiger partial charge in [-0.15, -0.1) is 0 Å². The van der Waals surface area contributed by atoms with Crippen LogP contribution in [0.4, 0.5) is 0 Å². The highest BCUT2D eigenvalue weighted by Gasteiger charge is 2.18. The zero-order valence-electron chi connectivity index (χ0n) is 10.2.